The van der Waals surface area contributed by atoms with Gasteiger partial charge < -0.3 is 14.7 Å². The molecule has 0 unspecified atom stereocenters. The van der Waals surface area contributed by atoms with E-state index in [0.717, 1.165) is 31.9 Å². The molecule has 0 atom stereocenters. The lowest BCUT2D eigenvalue weighted by Gasteiger charge is -2.40. The van der Waals surface area contributed by atoms with Gasteiger partial charge in [0.15, 0.2) is 5.65 Å². The normalized spacial score (nSPS) is 17.1. The molecule has 1 aliphatic rings. The molecule has 3 heterocycles. The van der Waals surface area contributed by atoms with Gasteiger partial charge in [0.2, 0.25) is 0 Å². The van der Waals surface area contributed by atoms with Crippen LogP contribution in [0.1, 0.15) is 22.8 Å². The Morgan fingerprint density at radius 3 is 2.90 bits per heavy atom. The van der Waals surface area contributed by atoms with Crippen LogP contribution in [0.15, 0.2) is 18.6 Å². The van der Waals surface area contributed by atoms with Crippen LogP contribution in [-0.4, -0.2) is 57.4 Å². The van der Waals surface area contributed by atoms with Crippen molar-refractivity contribution in [1.82, 2.24) is 19.5 Å². The average Bonchev–Trinajstić information content (AvgIpc) is 2.79. The first-order valence-corrected chi connectivity index (χ1v) is 6.79. The van der Waals surface area contributed by atoms with E-state index in [2.05, 4.69) is 29.0 Å². The Balaban J connectivity index is 1.74. The van der Waals surface area contributed by atoms with Crippen molar-refractivity contribution in [3.05, 3.63) is 29.7 Å². The second-order valence-corrected chi connectivity index (χ2v) is 6.07. The Morgan fingerprint density at radius 1 is 1.52 bits per heavy atom. The van der Waals surface area contributed by atoms with Crippen molar-refractivity contribution < 1.29 is 14.6 Å². The second-order valence-electron chi connectivity index (χ2n) is 6.07. The number of hydrogen-bond donors (Lipinski definition) is 1. The van der Waals surface area contributed by atoms with Crippen molar-refractivity contribution >= 4 is 11.6 Å². The van der Waals surface area contributed by atoms with Crippen molar-refractivity contribution in [3.8, 4) is 0 Å². The van der Waals surface area contributed by atoms with Crippen molar-refractivity contribution in [3.63, 3.8) is 0 Å². The minimum Gasteiger partial charge on any atom is -0.477 e. The summed E-state index contributed by atoms with van der Waals surface area (Å²) in [6, 6.07) is 0. The number of carboxylic acid groups (broad SMARTS) is 1. The van der Waals surface area contributed by atoms with Crippen LogP contribution in [0, 0.1) is 5.41 Å². The molecule has 7 heteroatoms. The molecule has 0 radical (unpaired) electrons. The molecule has 0 bridgehead atoms. The summed E-state index contributed by atoms with van der Waals surface area (Å²) >= 11 is 0. The highest BCUT2D eigenvalue weighted by atomic mass is 16.5. The molecule has 2 aromatic rings. The van der Waals surface area contributed by atoms with Crippen molar-refractivity contribution in [2.24, 2.45) is 5.41 Å². The van der Waals surface area contributed by atoms with Gasteiger partial charge in [-0.2, -0.15) is 5.10 Å². The molecular weight excluding hydrogens is 272 g/mol. The maximum Gasteiger partial charge on any atom is 0.341 e. The van der Waals surface area contributed by atoms with E-state index in [1.807, 2.05) is 6.20 Å². The summed E-state index contributed by atoms with van der Waals surface area (Å²) in [4.78, 5) is 17.5. The number of rotatable bonds is 5. The number of ether oxygens (including phenoxy) is 1. The quantitative estimate of drug-likeness (QED) is 0.881. The van der Waals surface area contributed by atoms with Gasteiger partial charge in [0.25, 0.3) is 0 Å². The summed E-state index contributed by atoms with van der Waals surface area (Å²) in [5.74, 6) is -1.01. The minimum absolute atomic E-state index is 0.119. The van der Waals surface area contributed by atoms with Crippen molar-refractivity contribution in [2.45, 2.75) is 13.5 Å². The van der Waals surface area contributed by atoms with E-state index in [4.69, 9.17) is 9.84 Å². The van der Waals surface area contributed by atoms with Gasteiger partial charge in [0.1, 0.15) is 5.56 Å². The van der Waals surface area contributed by atoms with Gasteiger partial charge in [-0.25, -0.2) is 14.3 Å². The van der Waals surface area contributed by atoms with E-state index in [1.54, 1.807) is 6.20 Å². The molecule has 0 spiro atoms. The first-order chi connectivity index (χ1) is 9.97. The maximum absolute atomic E-state index is 11.0. The highest BCUT2D eigenvalue weighted by molar-refractivity contribution is 5.93. The summed E-state index contributed by atoms with van der Waals surface area (Å²) in [5.41, 5.74) is 1.71. The summed E-state index contributed by atoms with van der Waals surface area (Å²) < 4.78 is 6.78. The van der Waals surface area contributed by atoms with Crippen molar-refractivity contribution in [1.29, 1.82) is 0 Å². The second kappa shape index (κ2) is 5.09. The molecule has 0 saturated carbocycles. The fourth-order valence-electron chi connectivity index (χ4n) is 2.71. The summed E-state index contributed by atoms with van der Waals surface area (Å²) in [5, 5.41) is 13.1. The monoisotopic (exact) mass is 290 g/mol. The van der Waals surface area contributed by atoms with Crippen molar-refractivity contribution in [2.75, 3.05) is 26.8 Å². The predicted molar refractivity (Wildman–Crippen MR) is 75.2 cm³/mol. The molecule has 1 aliphatic heterocycles. The number of nitrogens with zero attached hydrogens (tertiary/aromatic N) is 4. The van der Waals surface area contributed by atoms with E-state index >= 15 is 0 Å². The molecule has 1 saturated heterocycles. The van der Waals surface area contributed by atoms with E-state index < -0.39 is 5.97 Å². The third-order valence-electron chi connectivity index (χ3n) is 3.65. The van der Waals surface area contributed by atoms with Crippen LogP contribution < -0.4 is 0 Å². The number of carboxylic acids is 1. The van der Waals surface area contributed by atoms with Crippen LogP contribution in [-0.2, 0) is 11.3 Å². The maximum atomic E-state index is 11.0. The zero-order valence-corrected chi connectivity index (χ0v) is 12.1. The Kier molecular flexibility index (Phi) is 3.38. The van der Waals surface area contributed by atoms with Gasteiger partial charge in [0, 0.05) is 36.5 Å². The SMILES string of the molecule is CN(Cc1cnc2c(C(=O)O)cnn2c1)CC1(C)COC1. The van der Waals surface area contributed by atoms with Crippen LogP contribution in [0.2, 0.25) is 0 Å². The Labute approximate surface area is 122 Å². The lowest BCUT2D eigenvalue weighted by Crippen LogP contribution is -2.47. The zero-order chi connectivity index (χ0) is 15.0. The van der Waals surface area contributed by atoms with Crippen LogP contribution in [0.3, 0.4) is 0 Å². The van der Waals surface area contributed by atoms with Crippen LogP contribution in [0.4, 0.5) is 0 Å². The van der Waals surface area contributed by atoms with Crippen LogP contribution >= 0.6 is 0 Å². The largest absolute Gasteiger partial charge is 0.477 e. The third kappa shape index (κ3) is 2.74. The molecule has 21 heavy (non-hydrogen) atoms. The zero-order valence-electron chi connectivity index (χ0n) is 12.1. The fourth-order valence-corrected chi connectivity index (χ4v) is 2.71. The molecule has 7 nitrogen and oxygen atoms in total. The number of aromatic carboxylic acids is 1. The summed E-state index contributed by atoms with van der Waals surface area (Å²) in [6.07, 6.45) is 4.86. The lowest BCUT2D eigenvalue weighted by atomic mass is 9.88. The highest BCUT2D eigenvalue weighted by Gasteiger charge is 2.34. The van der Waals surface area contributed by atoms with Gasteiger partial charge >= 0.3 is 5.97 Å². The Hall–Kier alpha value is -1.99. The third-order valence-corrected chi connectivity index (χ3v) is 3.65. The minimum atomic E-state index is -1.01. The summed E-state index contributed by atoms with van der Waals surface area (Å²) in [6.45, 7) is 5.50. The molecule has 0 aliphatic carbocycles. The number of hydrogen-bond acceptors (Lipinski definition) is 5. The Morgan fingerprint density at radius 2 is 2.29 bits per heavy atom. The molecule has 0 aromatic carbocycles. The average molecular weight is 290 g/mol. The molecule has 1 N–H and O–H groups in total. The number of fused-ring (bicyclic) bond motifs is 1. The standard InChI is InChI=1S/C14H18N4O3/c1-14(8-21-9-14)7-17(2)5-10-3-15-12-11(13(19)20)4-16-18(12)6-10/h3-4,6H,5,7-9H2,1-2H3,(H,19,20). The molecule has 2 aromatic heterocycles. The van der Waals surface area contributed by atoms with E-state index in [0.29, 0.717) is 5.65 Å². The van der Waals surface area contributed by atoms with Gasteiger partial charge in [-0.1, -0.05) is 6.92 Å². The number of carbonyl (C=O) groups is 1. The van der Waals surface area contributed by atoms with E-state index in [-0.39, 0.29) is 11.0 Å². The molecular formula is C14H18N4O3. The van der Waals surface area contributed by atoms with E-state index in [9.17, 15) is 4.79 Å². The van der Waals surface area contributed by atoms with Gasteiger partial charge in [-0.3, -0.25) is 0 Å². The van der Waals surface area contributed by atoms with Gasteiger partial charge in [-0.15, -0.1) is 0 Å². The number of aromatic nitrogens is 3. The molecule has 1 fully saturated rings. The van der Waals surface area contributed by atoms with E-state index in [1.165, 1.54) is 10.7 Å². The summed E-state index contributed by atoms with van der Waals surface area (Å²) in [7, 11) is 2.06. The van der Waals surface area contributed by atoms with Gasteiger partial charge in [0.05, 0.1) is 19.4 Å². The molecule has 0 amide bonds. The predicted octanol–water partition coefficient (Wildman–Crippen LogP) is 0.896. The fraction of sp³-hybridized carbons (Fsp3) is 0.500. The first kappa shape index (κ1) is 14.0. The molecule has 112 valence electrons. The van der Waals surface area contributed by atoms with Crippen LogP contribution in [0.25, 0.3) is 5.65 Å². The molecule has 3 rings (SSSR count). The Bertz CT molecular complexity index is 678. The smallest absolute Gasteiger partial charge is 0.341 e. The highest BCUT2D eigenvalue weighted by Crippen LogP contribution is 2.27. The topological polar surface area (TPSA) is 80.0 Å². The van der Waals surface area contributed by atoms with Gasteiger partial charge in [-0.05, 0) is 7.05 Å². The van der Waals surface area contributed by atoms with Crippen LogP contribution in [0.5, 0.6) is 0 Å². The first-order valence-electron chi connectivity index (χ1n) is 6.79. The lowest BCUT2D eigenvalue weighted by molar-refractivity contribution is -0.113.